The number of nitrogens with one attached hydrogen (secondary N) is 2. The number of anilines is 1. The maximum atomic E-state index is 11.9. The van der Waals surface area contributed by atoms with E-state index in [1.165, 1.54) is 0 Å². The van der Waals surface area contributed by atoms with Gasteiger partial charge in [-0.25, -0.2) is 9.78 Å². The van der Waals surface area contributed by atoms with Gasteiger partial charge < -0.3 is 19.9 Å². The molecule has 2 amide bonds. The summed E-state index contributed by atoms with van der Waals surface area (Å²) in [6, 6.07) is 5.12. The van der Waals surface area contributed by atoms with E-state index >= 15 is 0 Å². The monoisotopic (exact) mass is 320 g/mol. The molecule has 1 fully saturated rings. The van der Waals surface area contributed by atoms with Crippen molar-refractivity contribution in [2.75, 3.05) is 25.1 Å². The van der Waals surface area contributed by atoms with Crippen LogP contribution in [0.1, 0.15) is 6.42 Å². The highest BCUT2D eigenvalue weighted by molar-refractivity contribution is 6.32. The van der Waals surface area contributed by atoms with Gasteiger partial charge >= 0.3 is 6.03 Å². The molecule has 1 saturated heterocycles. The molecule has 116 valence electrons. The first-order valence-electron chi connectivity index (χ1n) is 7.13. The second-order valence-corrected chi connectivity index (χ2v) is 5.61. The van der Waals surface area contributed by atoms with Crippen LogP contribution in [0.5, 0.6) is 0 Å². The Kier molecular flexibility index (Phi) is 4.60. The molecule has 0 saturated carbocycles. The molecule has 1 aromatic heterocycles. The van der Waals surface area contributed by atoms with Crippen LogP contribution in [0.15, 0.2) is 36.9 Å². The van der Waals surface area contributed by atoms with E-state index in [4.69, 9.17) is 16.3 Å². The Morgan fingerprint density at radius 1 is 1.50 bits per heavy atom. The molecule has 7 heteroatoms. The molecule has 2 heterocycles. The molecular weight excluding hydrogens is 304 g/mol. The molecule has 0 unspecified atom stereocenters. The highest BCUT2D eigenvalue weighted by Crippen LogP contribution is 2.24. The number of amides is 2. The molecule has 22 heavy (non-hydrogen) atoms. The number of benzene rings is 1. The molecule has 0 radical (unpaired) electrons. The van der Waals surface area contributed by atoms with Crippen LogP contribution in [0.2, 0.25) is 5.02 Å². The van der Waals surface area contributed by atoms with Crippen molar-refractivity contribution in [2.24, 2.45) is 5.92 Å². The van der Waals surface area contributed by atoms with E-state index in [0.29, 0.717) is 29.8 Å². The summed E-state index contributed by atoms with van der Waals surface area (Å²) in [6.45, 7) is 2.11. The van der Waals surface area contributed by atoms with Gasteiger partial charge in [-0.2, -0.15) is 0 Å². The standard InChI is InChI=1S/C15H17ClN4O2/c16-13-7-12(1-2-14(13)20-5-4-17-10-20)19-15(21)18-8-11-3-6-22-9-11/h1-2,4-5,7,10-11H,3,6,8-9H2,(H2,18,19,21)/t11-/m1/s1. The summed E-state index contributed by atoms with van der Waals surface area (Å²) < 4.78 is 7.09. The molecule has 1 aliphatic heterocycles. The highest BCUT2D eigenvalue weighted by Gasteiger charge is 2.16. The third-order valence-electron chi connectivity index (χ3n) is 3.56. The van der Waals surface area contributed by atoms with E-state index in [-0.39, 0.29) is 6.03 Å². The number of ether oxygens (including phenoxy) is 1. The maximum absolute atomic E-state index is 11.9. The van der Waals surface area contributed by atoms with Crippen LogP contribution in [0.3, 0.4) is 0 Å². The van der Waals surface area contributed by atoms with Crippen molar-refractivity contribution in [3.63, 3.8) is 0 Å². The van der Waals surface area contributed by atoms with Crippen molar-refractivity contribution in [1.29, 1.82) is 0 Å². The second-order valence-electron chi connectivity index (χ2n) is 5.20. The van der Waals surface area contributed by atoms with Gasteiger partial charge in [0.15, 0.2) is 0 Å². The predicted octanol–water partition coefficient (Wildman–Crippen LogP) is 2.68. The zero-order valence-electron chi connectivity index (χ0n) is 12.0. The Morgan fingerprint density at radius 2 is 2.41 bits per heavy atom. The lowest BCUT2D eigenvalue weighted by atomic mass is 10.1. The summed E-state index contributed by atoms with van der Waals surface area (Å²) in [7, 11) is 0. The molecule has 2 N–H and O–H groups in total. The first kappa shape index (κ1) is 14.9. The molecule has 0 spiro atoms. The van der Waals surface area contributed by atoms with Gasteiger partial charge in [-0.15, -0.1) is 0 Å². The van der Waals surface area contributed by atoms with Crippen molar-refractivity contribution in [3.05, 3.63) is 41.9 Å². The van der Waals surface area contributed by atoms with E-state index in [1.807, 2.05) is 16.8 Å². The number of nitrogens with zero attached hydrogens (tertiary/aromatic N) is 2. The topological polar surface area (TPSA) is 68.2 Å². The lowest BCUT2D eigenvalue weighted by Gasteiger charge is -2.12. The molecule has 3 rings (SSSR count). The zero-order valence-corrected chi connectivity index (χ0v) is 12.7. The molecule has 0 bridgehead atoms. The molecule has 1 aromatic carbocycles. The number of rotatable bonds is 4. The quantitative estimate of drug-likeness (QED) is 0.910. The minimum Gasteiger partial charge on any atom is -0.381 e. The molecule has 1 atom stereocenters. The van der Waals surface area contributed by atoms with E-state index in [0.717, 1.165) is 18.7 Å². The van der Waals surface area contributed by atoms with Crippen LogP contribution in [-0.4, -0.2) is 35.3 Å². The summed E-state index contributed by atoms with van der Waals surface area (Å²) in [5.41, 5.74) is 1.46. The Labute approximate surface area is 133 Å². The van der Waals surface area contributed by atoms with Gasteiger partial charge in [-0.1, -0.05) is 11.6 Å². The van der Waals surface area contributed by atoms with Gasteiger partial charge in [0.05, 0.1) is 23.6 Å². The Morgan fingerprint density at radius 3 is 3.09 bits per heavy atom. The molecule has 2 aromatic rings. The number of hydrogen-bond donors (Lipinski definition) is 2. The van der Waals surface area contributed by atoms with Gasteiger partial charge in [0, 0.05) is 37.2 Å². The van der Waals surface area contributed by atoms with Gasteiger partial charge in [-0.05, 0) is 24.6 Å². The number of carbonyl (C=O) groups is 1. The first-order valence-corrected chi connectivity index (χ1v) is 7.50. The van der Waals surface area contributed by atoms with E-state index in [1.54, 1.807) is 24.7 Å². The fraction of sp³-hybridized carbons (Fsp3) is 0.333. The van der Waals surface area contributed by atoms with Crippen molar-refractivity contribution in [2.45, 2.75) is 6.42 Å². The first-order chi connectivity index (χ1) is 10.7. The molecule has 6 nitrogen and oxygen atoms in total. The van der Waals surface area contributed by atoms with Crippen molar-refractivity contribution < 1.29 is 9.53 Å². The SMILES string of the molecule is O=C(NC[C@H]1CCOC1)Nc1ccc(-n2ccnc2)c(Cl)c1. The van der Waals surface area contributed by atoms with Crippen LogP contribution in [0.25, 0.3) is 5.69 Å². The van der Waals surface area contributed by atoms with Crippen LogP contribution in [0, 0.1) is 5.92 Å². The summed E-state index contributed by atoms with van der Waals surface area (Å²) in [4.78, 5) is 15.9. The fourth-order valence-corrected chi connectivity index (χ4v) is 2.63. The number of imidazole rings is 1. The Bertz CT molecular complexity index is 639. The molecule has 1 aliphatic rings. The molecular formula is C15H17ClN4O2. The number of urea groups is 1. The van der Waals surface area contributed by atoms with Crippen LogP contribution < -0.4 is 10.6 Å². The number of carbonyl (C=O) groups excluding carboxylic acids is 1. The third kappa shape index (κ3) is 3.58. The summed E-state index contributed by atoms with van der Waals surface area (Å²) >= 11 is 6.25. The van der Waals surface area contributed by atoms with Crippen molar-refractivity contribution in [1.82, 2.24) is 14.9 Å². The maximum Gasteiger partial charge on any atom is 0.319 e. The average Bonchev–Trinajstić information content (AvgIpc) is 3.19. The summed E-state index contributed by atoms with van der Waals surface area (Å²) in [6.07, 6.45) is 6.16. The van der Waals surface area contributed by atoms with Crippen molar-refractivity contribution in [3.8, 4) is 5.69 Å². The van der Waals surface area contributed by atoms with Crippen LogP contribution >= 0.6 is 11.6 Å². The highest BCUT2D eigenvalue weighted by atomic mass is 35.5. The number of aromatic nitrogens is 2. The van der Waals surface area contributed by atoms with E-state index in [9.17, 15) is 4.79 Å². The van der Waals surface area contributed by atoms with Gasteiger partial charge in [-0.3, -0.25) is 0 Å². The average molecular weight is 321 g/mol. The third-order valence-corrected chi connectivity index (χ3v) is 3.87. The van der Waals surface area contributed by atoms with Crippen LogP contribution in [-0.2, 0) is 4.74 Å². The lowest BCUT2D eigenvalue weighted by Crippen LogP contribution is -2.33. The second kappa shape index (κ2) is 6.81. The zero-order chi connectivity index (χ0) is 15.4. The minimum absolute atomic E-state index is 0.238. The van der Waals surface area contributed by atoms with Crippen molar-refractivity contribution >= 4 is 23.3 Å². The summed E-state index contributed by atoms with van der Waals surface area (Å²) in [5, 5.41) is 6.17. The Hall–Kier alpha value is -2.05. The van der Waals surface area contributed by atoms with Gasteiger partial charge in [0.1, 0.15) is 0 Å². The predicted molar refractivity (Wildman–Crippen MR) is 84.5 cm³/mol. The number of halogens is 1. The molecule has 0 aliphatic carbocycles. The van der Waals surface area contributed by atoms with E-state index in [2.05, 4.69) is 15.6 Å². The number of hydrogen-bond acceptors (Lipinski definition) is 3. The minimum atomic E-state index is -0.238. The van der Waals surface area contributed by atoms with E-state index < -0.39 is 0 Å². The van der Waals surface area contributed by atoms with Gasteiger partial charge in [0.2, 0.25) is 0 Å². The smallest absolute Gasteiger partial charge is 0.319 e. The summed E-state index contributed by atoms with van der Waals surface area (Å²) in [5.74, 6) is 0.401. The Balaban J connectivity index is 1.58. The van der Waals surface area contributed by atoms with Gasteiger partial charge in [0.25, 0.3) is 0 Å². The lowest BCUT2D eigenvalue weighted by molar-refractivity contribution is 0.185. The fourth-order valence-electron chi connectivity index (χ4n) is 2.35. The van der Waals surface area contributed by atoms with Crippen LogP contribution in [0.4, 0.5) is 10.5 Å². The normalized spacial score (nSPS) is 17.4. The largest absolute Gasteiger partial charge is 0.381 e.